The van der Waals surface area contributed by atoms with Gasteiger partial charge >= 0.3 is 0 Å². The highest BCUT2D eigenvalue weighted by atomic mass is 32.1. The molecule has 0 bridgehead atoms. The van der Waals surface area contributed by atoms with Crippen molar-refractivity contribution in [3.63, 3.8) is 0 Å². The van der Waals surface area contributed by atoms with Crippen molar-refractivity contribution in [2.24, 2.45) is 0 Å². The molecule has 6 aromatic rings. The predicted octanol–water partition coefficient (Wildman–Crippen LogP) is 3.33. The molecule has 1 atom stereocenters. The molecule has 1 saturated heterocycles. The van der Waals surface area contributed by atoms with Gasteiger partial charge in [-0.25, -0.2) is 14.6 Å². The van der Waals surface area contributed by atoms with Crippen LogP contribution in [0.25, 0.3) is 16.0 Å². The van der Waals surface area contributed by atoms with Crippen LogP contribution in [-0.2, 0) is 12.1 Å². The van der Waals surface area contributed by atoms with Gasteiger partial charge in [0.1, 0.15) is 35.4 Å². The summed E-state index contributed by atoms with van der Waals surface area (Å²) in [5.41, 5.74) is 7.90. The lowest BCUT2D eigenvalue weighted by Gasteiger charge is -2.38. The number of aliphatic hydroxyl groups is 1. The Morgan fingerprint density at radius 1 is 1.02 bits per heavy atom. The number of piperidine rings is 1. The van der Waals surface area contributed by atoms with Gasteiger partial charge in [0, 0.05) is 37.6 Å². The molecule has 2 aromatic carbocycles. The number of nitrogen functional groups attached to an aromatic ring is 1. The molecule has 0 radical (unpaired) electrons. The van der Waals surface area contributed by atoms with Crippen molar-refractivity contribution in [2.75, 3.05) is 43.4 Å². The Morgan fingerprint density at radius 2 is 1.84 bits per heavy atom. The van der Waals surface area contributed by atoms with Crippen LogP contribution in [0.4, 0.5) is 17.2 Å². The molecule has 6 heterocycles. The number of carbonyl (C=O) groups is 1. The normalized spacial score (nSPS) is 16.4. The predicted molar refractivity (Wildman–Crippen MR) is 194 cm³/mol. The van der Waals surface area contributed by atoms with E-state index in [1.54, 1.807) is 23.3 Å². The number of para-hydroxylation sites is 1. The Kier molecular flexibility index (Phi) is 8.67. The Labute approximate surface area is 296 Å². The van der Waals surface area contributed by atoms with Crippen LogP contribution in [0.5, 0.6) is 5.75 Å². The number of thiophene rings is 1. The van der Waals surface area contributed by atoms with E-state index in [2.05, 4.69) is 35.2 Å². The minimum absolute atomic E-state index is 0.0675. The number of nitrogens with zero attached hydrogens (tertiary/aromatic N) is 8. The van der Waals surface area contributed by atoms with E-state index in [1.165, 1.54) is 22.2 Å². The third-order valence-corrected chi connectivity index (χ3v) is 10.4. The number of amides is 1. The molecule has 4 aromatic heterocycles. The average Bonchev–Trinajstić information content (AvgIpc) is 3.83. The molecule has 0 saturated carbocycles. The van der Waals surface area contributed by atoms with Gasteiger partial charge in [-0.05, 0) is 61.4 Å². The first-order chi connectivity index (χ1) is 24.8. The molecule has 260 valence electrons. The van der Waals surface area contributed by atoms with Gasteiger partial charge in [-0.2, -0.15) is 5.10 Å². The molecule has 15 heteroatoms. The molecular formula is C36H36N10O4S. The molecule has 8 rings (SSSR count). The summed E-state index contributed by atoms with van der Waals surface area (Å²) >= 11 is 1.20. The standard InChI is InChI=1S/C36H36N10O4S/c37-32-35(48)46(26-9-10-29-27(18-26)45(16-17-50-29)25-6-2-1-3-7-25)28-19-30(51-34(28)42-32)33(47)41-24-11-14-43(15-12-24)20-36(49,21-44-23-38-22-40-44)31-8-4-5-13-39-31/h1-10,13,18-19,22-24,49H,11-12,14-17,20-21H2,(H2,37,42)(H,41,47). The number of aromatic nitrogens is 6. The van der Waals surface area contributed by atoms with Crippen LogP contribution in [-0.4, -0.2) is 84.0 Å². The van der Waals surface area contributed by atoms with Crippen molar-refractivity contribution >= 4 is 44.8 Å². The number of benzene rings is 2. The number of hydrogen-bond acceptors (Lipinski definition) is 12. The zero-order chi connectivity index (χ0) is 35.0. The summed E-state index contributed by atoms with van der Waals surface area (Å²) in [6.07, 6.45) is 6.08. The quantitative estimate of drug-likeness (QED) is 0.202. The van der Waals surface area contributed by atoms with E-state index in [4.69, 9.17) is 10.5 Å². The lowest BCUT2D eigenvalue weighted by molar-refractivity contribution is -0.0279. The van der Waals surface area contributed by atoms with E-state index in [-0.39, 0.29) is 24.3 Å². The largest absolute Gasteiger partial charge is 0.490 e. The number of β-amino-alcohol motifs (C(OH)–C–C–N with tert-alkyl or cyclic N) is 1. The number of fused-ring (bicyclic) bond motifs is 2. The Balaban J connectivity index is 0.991. The van der Waals surface area contributed by atoms with Gasteiger partial charge in [-0.15, -0.1) is 11.3 Å². The van der Waals surface area contributed by atoms with Crippen molar-refractivity contribution in [3.8, 4) is 11.4 Å². The molecule has 0 spiro atoms. The Morgan fingerprint density at radius 3 is 2.61 bits per heavy atom. The highest BCUT2D eigenvalue weighted by Crippen LogP contribution is 2.38. The molecule has 51 heavy (non-hydrogen) atoms. The summed E-state index contributed by atoms with van der Waals surface area (Å²) in [6, 6.07) is 22.7. The lowest BCUT2D eigenvalue weighted by atomic mass is 9.95. The van der Waals surface area contributed by atoms with Crippen LogP contribution < -0.4 is 26.2 Å². The number of pyridine rings is 1. The molecule has 2 aliphatic heterocycles. The zero-order valence-electron chi connectivity index (χ0n) is 27.6. The highest BCUT2D eigenvalue weighted by Gasteiger charge is 2.36. The second-order valence-electron chi connectivity index (χ2n) is 12.8. The first-order valence-electron chi connectivity index (χ1n) is 16.8. The average molecular weight is 705 g/mol. The first kappa shape index (κ1) is 32.6. The van der Waals surface area contributed by atoms with Gasteiger partial charge < -0.3 is 25.8 Å². The van der Waals surface area contributed by atoms with E-state index in [9.17, 15) is 14.7 Å². The summed E-state index contributed by atoms with van der Waals surface area (Å²) in [4.78, 5) is 45.2. The van der Waals surface area contributed by atoms with Gasteiger partial charge in [-0.1, -0.05) is 24.3 Å². The maximum absolute atomic E-state index is 13.6. The third kappa shape index (κ3) is 6.54. The maximum Gasteiger partial charge on any atom is 0.298 e. The van der Waals surface area contributed by atoms with Crippen molar-refractivity contribution < 1.29 is 14.6 Å². The molecule has 1 fully saturated rings. The molecule has 4 N–H and O–H groups in total. The van der Waals surface area contributed by atoms with E-state index in [0.29, 0.717) is 78.0 Å². The second-order valence-corrected chi connectivity index (χ2v) is 13.8. The Hall–Kier alpha value is -5.64. The number of likely N-dealkylation sites (tertiary alicyclic amines) is 1. The number of rotatable bonds is 9. The van der Waals surface area contributed by atoms with Crippen molar-refractivity contribution in [3.05, 3.63) is 113 Å². The fourth-order valence-corrected chi connectivity index (χ4v) is 7.81. The van der Waals surface area contributed by atoms with Crippen LogP contribution in [0, 0.1) is 0 Å². The molecule has 1 unspecified atom stereocenters. The monoisotopic (exact) mass is 704 g/mol. The number of nitrogens with two attached hydrogens (primary N) is 1. The minimum Gasteiger partial charge on any atom is -0.490 e. The van der Waals surface area contributed by atoms with Gasteiger partial charge in [0.25, 0.3) is 11.5 Å². The summed E-state index contributed by atoms with van der Waals surface area (Å²) in [7, 11) is 0. The number of carbonyl (C=O) groups excluding carboxylic acids is 1. The summed E-state index contributed by atoms with van der Waals surface area (Å²) < 4.78 is 9.07. The van der Waals surface area contributed by atoms with E-state index in [1.807, 2.05) is 66.7 Å². The highest BCUT2D eigenvalue weighted by molar-refractivity contribution is 7.20. The van der Waals surface area contributed by atoms with Crippen molar-refractivity contribution in [1.82, 2.24) is 39.5 Å². The topological polar surface area (TPSA) is 170 Å². The summed E-state index contributed by atoms with van der Waals surface area (Å²) in [5, 5.41) is 19.2. The third-order valence-electron chi connectivity index (χ3n) is 9.37. The number of ether oxygens (including phenoxy) is 1. The van der Waals surface area contributed by atoms with E-state index < -0.39 is 11.2 Å². The maximum atomic E-state index is 13.6. The fourth-order valence-electron chi connectivity index (χ4n) is 6.88. The number of nitrogens with one attached hydrogen (secondary N) is 1. The lowest BCUT2D eigenvalue weighted by Crippen LogP contribution is -2.50. The zero-order valence-corrected chi connectivity index (χ0v) is 28.4. The van der Waals surface area contributed by atoms with Gasteiger partial charge in [0.2, 0.25) is 0 Å². The minimum atomic E-state index is -1.28. The molecule has 1 amide bonds. The van der Waals surface area contributed by atoms with Crippen LogP contribution in [0.3, 0.4) is 0 Å². The van der Waals surface area contributed by atoms with Crippen LogP contribution in [0.15, 0.2) is 96.4 Å². The molecule has 2 aliphatic rings. The number of anilines is 3. The van der Waals surface area contributed by atoms with Crippen LogP contribution in [0.2, 0.25) is 0 Å². The SMILES string of the molecule is Nc1nc2sc(C(=O)NC3CCN(CC(O)(Cn4cncn4)c4ccccn4)CC3)cc2n(-c2ccc3c(c2)N(c2ccccc2)CCO3)c1=O. The number of hydrogen-bond donors (Lipinski definition) is 3. The smallest absolute Gasteiger partial charge is 0.298 e. The Bertz CT molecular complexity index is 2220. The molecule has 14 nitrogen and oxygen atoms in total. The van der Waals surface area contributed by atoms with Crippen molar-refractivity contribution in [1.29, 1.82) is 0 Å². The molecular weight excluding hydrogens is 669 g/mol. The summed E-state index contributed by atoms with van der Waals surface area (Å²) in [5.74, 6) is 0.333. The fraction of sp³-hybridized carbons (Fsp3) is 0.278. The van der Waals surface area contributed by atoms with Crippen LogP contribution >= 0.6 is 11.3 Å². The van der Waals surface area contributed by atoms with E-state index >= 15 is 0 Å². The first-order valence-corrected chi connectivity index (χ1v) is 17.6. The van der Waals surface area contributed by atoms with Gasteiger partial charge in [-0.3, -0.25) is 24.0 Å². The summed E-state index contributed by atoms with van der Waals surface area (Å²) in [6.45, 7) is 3.09. The van der Waals surface area contributed by atoms with Crippen molar-refractivity contribution in [2.45, 2.75) is 31.0 Å². The van der Waals surface area contributed by atoms with E-state index in [0.717, 1.165) is 11.4 Å². The van der Waals surface area contributed by atoms with Crippen LogP contribution in [0.1, 0.15) is 28.2 Å². The van der Waals surface area contributed by atoms with Gasteiger partial charge in [0.05, 0.1) is 40.6 Å². The van der Waals surface area contributed by atoms with Gasteiger partial charge in [0.15, 0.2) is 5.82 Å². The molecule has 0 aliphatic carbocycles. The second kappa shape index (κ2) is 13.6.